The standard InChI is InChI=1S/C29H49N3O8/c1-4-5-6-12-17-31-27(35)38-22-29(2,3)23-39-28(36)32-19-14-8-7-13-18-30-26(34)37-21-25(20-33)40-24-15-10-9-11-16-24/h9-11,15-16,25,33H,4-8,12-14,17-23H2,1-3H3,(H,30,34)(H,31,35)(H,32,36). The van der Waals surface area contributed by atoms with Crippen molar-refractivity contribution in [2.45, 2.75) is 78.2 Å². The molecule has 3 amide bonds. The van der Waals surface area contributed by atoms with E-state index >= 15 is 0 Å². The number of amides is 3. The Kier molecular flexibility index (Phi) is 18.8. The van der Waals surface area contributed by atoms with Crippen molar-refractivity contribution in [3.05, 3.63) is 30.3 Å². The zero-order valence-electron chi connectivity index (χ0n) is 24.4. The van der Waals surface area contributed by atoms with Crippen LogP contribution in [0.15, 0.2) is 30.3 Å². The number of unbranched alkanes of at least 4 members (excludes halogenated alkanes) is 6. The van der Waals surface area contributed by atoms with E-state index in [1.165, 1.54) is 0 Å². The van der Waals surface area contributed by atoms with Gasteiger partial charge in [0.15, 0.2) is 6.10 Å². The second kappa shape index (κ2) is 21.6. The van der Waals surface area contributed by atoms with Gasteiger partial charge in [-0.05, 0) is 31.4 Å². The molecule has 0 aliphatic carbocycles. The highest BCUT2D eigenvalue weighted by Gasteiger charge is 2.23. The second-order valence-electron chi connectivity index (χ2n) is 10.4. The maximum absolute atomic E-state index is 12.0. The predicted molar refractivity (Wildman–Crippen MR) is 152 cm³/mol. The fraction of sp³-hybridized carbons (Fsp3) is 0.690. The Morgan fingerprint density at radius 2 is 1.23 bits per heavy atom. The molecule has 0 aromatic heterocycles. The third kappa shape index (κ3) is 18.9. The molecule has 0 heterocycles. The van der Waals surface area contributed by atoms with Crippen molar-refractivity contribution < 1.29 is 38.4 Å². The topological polar surface area (TPSA) is 144 Å². The van der Waals surface area contributed by atoms with Crippen LogP contribution in [0.1, 0.15) is 72.1 Å². The molecular weight excluding hydrogens is 518 g/mol. The molecule has 228 valence electrons. The van der Waals surface area contributed by atoms with E-state index in [4.69, 9.17) is 18.9 Å². The zero-order valence-corrected chi connectivity index (χ0v) is 24.4. The minimum atomic E-state index is -0.636. The first-order valence-corrected chi connectivity index (χ1v) is 14.3. The van der Waals surface area contributed by atoms with Gasteiger partial charge in [-0.15, -0.1) is 0 Å². The minimum Gasteiger partial charge on any atom is -0.484 e. The first-order chi connectivity index (χ1) is 19.3. The lowest BCUT2D eigenvalue weighted by Gasteiger charge is -2.23. The van der Waals surface area contributed by atoms with Crippen molar-refractivity contribution in [1.29, 1.82) is 0 Å². The molecule has 11 nitrogen and oxygen atoms in total. The highest BCUT2D eigenvalue weighted by molar-refractivity contribution is 5.67. The summed E-state index contributed by atoms with van der Waals surface area (Å²) in [6.45, 7) is 7.35. The van der Waals surface area contributed by atoms with Gasteiger partial charge in [0, 0.05) is 25.0 Å². The maximum Gasteiger partial charge on any atom is 0.407 e. The van der Waals surface area contributed by atoms with Gasteiger partial charge in [-0.25, -0.2) is 14.4 Å². The quantitative estimate of drug-likeness (QED) is 0.123. The monoisotopic (exact) mass is 567 g/mol. The molecule has 0 radical (unpaired) electrons. The number of alkyl carbamates (subject to hydrolysis) is 3. The van der Waals surface area contributed by atoms with E-state index in [0.717, 1.165) is 51.4 Å². The van der Waals surface area contributed by atoms with Crippen LogP contribution in [0.4, 0.5) is 14.4 Å². The van der Waals surface area contributed by atoms with Crippen molar-refractivity contribution in [1.82, 2.24) is 16.0 Å². The normalized spacial score (nSPS) is 11.7. The Morgan fingerprint density at radius 3 is 1.70 bits per heavy atom. The third-order valence-electron chi connectivity index (χ3n) is 5.78. The summed E-state index contributed by atoms with van der Waals surface area (Å²) in [7, 11) is 0. The van der Waals surface area contributed by atoms with Crippen LogP contribution in [0.25, 0.3) is 0 Å². The number of aliphatic hydroxyl groups is 1. The van der Waals surface area contributed by atoms with Gasteiger partial charge >= 0.3 is 18.3 Å². The third-order valence-corrected chi connectivity index (χ3v) is 5.78. The van der Waals surface area contributed by atoms with Gasteiger partial charge in [0.1, 0.15) is 25.6 Å². The number of benzene rings is 1. The van der Waals surface area contributed by atoms with Crippen molar-refractivity contribution in [3.63, 3.8) is 0 Å². The van der Waals surface area contributed by atoms with Crippen molar-refractivity contribution >= 4 is 18.3 Å². The molecule has 0 bridgehead atoms. The number of carbonyl (C=O) groups is 3. The summed E-state index contributed by atoms with van der Waals surface area (Å²) in [6, 6.07) is 9.02. The van der Waals surface area contributed by atoms with Crippen molar-refractivity contribution in [2.24, 2.45) is 5.41 Å². The molecule has 1 aromatic rings. The molecule has 0 fully saturated rings. The lowest BCUT2D eigenvalue weighted by Crippen LogP contribution is -2.34. The molecule has 0 saturated carbocycles. The molecule has 1 rings (SSSR count). The van der Waals surface area contributed by atoms with E-state index in [1.54, 1.807) is 12.1 Å². The molecule has 4 N–H and O–H groups in total. The number of hydrogen-bond donors (Lipinski definition) is 4. The molecule has 0 saturated heterocycles. The maximum atomic E-state index is 12.0. The van der Waals surface area contributed by atoms with E-state index in [1.807, 2.05) is 32.0 Å². The van der Waals surface area contributed by atoms with Crippen LogP contribution in [-0.2, 0) is 14.2 Å². The minimum absolute atomic E-state index is 0.0578. The van der Waals surface area contributed by atoms with E-state index in [9.17, 15) is 19.5 Å². The lowest BCUT2D eigenvalue weighted by atomic mass is 9.96. The summed E-state index contributed by atoms with van der Waals surface area (Å²) in [5.41, 5.74) is -0.501. The SMILES string of the molecule is CCCCCCNC(=O)OCC(C)(C)COC(=O)NCCCCCCNC(=O)OCC(CO)Oc1ccccc1. The van der Waals surface area contributed by atoms with Crippen LogP contribution in [0.3, 0.4) is 0 Å². The van der Waals surface area contributed by atoms with Crippen LogP contribution in [-0.4, -0.2) is 75.6 Å². The summed E-state index contributed by atoms with van der Waals surface area (Å²) >= 11 is 0. The van der Waals surface area contributed by atoms with Gasteiger partial charge in [-0.3, -0.25) is 0 Å². The van der Waals surface area contributed by atoms with E-state index in [0.29, 0.717) is 25.4 Å². The molecular formula is C29H49N3O8. The number of rotatable bonds is 21. The van der Waals surface area contributed by atoms with Gasteiger partial charge in [0.2, 0.25) is 0 Å². The van der Waals surface area contributed by atoms with Gasteiger partial charge in [-0.1, -0.05) is 71.1 Å². The van der Waals surface area contributed by atoms with Crippen LogP contribution in [0.2, 0.25) is 0 Å². The largest absolute Gasteiger partial charge is 0.484 e. The molecule has 0 spiro atoms. The number of nitrogens with one attached hydrogen (secondary N) is 3. The average molecular weight is 568 g/mol. The van der Waals surface area contributed by atoms with Crippen LogP contribution < -0.4 is 20.7 Å². The van der Waals surface area contributed by atoms with Gasteiger partial charge < -0.3 is 40.0 Å². The summed E-state index contributed by atoms with van der Waals surface area (Å²) in [6.07, 6.45) is 5.45. The number of aliphatic hydroxyl groups excluding tert-OH is 1. The Balaban J connectivity index is 2.00. The summed E-state index contributed by atoms with van der Waals surface area (Å²) in [4.78, 5) is 35.6. The smallest absolute Gasteiger partial charge is 0.407 e. The predicted octanol–water partition coefficient (Wildman–Crippen LogP) is 4.77. The first-order valence-electron chi connectivity index (χ1n) is 14.3. The van der Waals surface area contributed by atoms with Crippen molar-refractivity contribution in [3.8, 4) is 5.75 Å². The van der Waals surface area contributed by atoms with E-state index in [2.05, 4.69) is 22.9 Å². The molecule has 0 aliphatic rings. The van der Waals surface area contributed by atoms with Gasteiger partial charge in [0.05, 0.1) is 6.61 Å². The molecule has 11 heteroatoms. The lowest BCUT2D eigenvalue weighted by molar-refractivity contribution is 0.0464. The summed E-state index contributed by atoms with van der Waals surface area (Å²) < 4.78 is 21.2. The highest BCUT2D eigenvalue weighted by atomic mass is 16.6. The molecule has 1 unspecified atom stereocenters. The Hall–Kier alpha value is -3.21. The highest BCUT2D eigenvalue weighted by Crippen LogP contribution is 2.16. The second-order valence-corrected chi connectivity index (χ2v) is 10.4. The van der Waals surface area contributed by atoms with Gasteiger partial charge in [0.25, 0.3) is 0 Å². The molecule has 40 heavy (non-hydrogen) atoms. The van der Waals surface area contributed by atoms with Crippen LogP contribution in [0, 0.1) is 5.41 Å². The van der Waals surface area contributed by atoms with E-state index < -0.39 is 29.8 Å². The number of hydrogen-bond acceptors (Lipinski definition) is 8. The average Bonchev–Trinajstić information content (AvgIpc) is 2.95. The zero-order chi connectivity index (χ0) is 29.5. The van der Waals surface area contributed by atoms with Crippen molar-refractivity contribution in [2.75, 3.05) is 46.1 Å². The van der Waals surface area contributed by atoms with Crippen LogP contribution >= 0.6 is 0 Å². The van der Waals surface area contributed by atoms with E-state index in [-0.39, 0.29) is 26.4 Å². The Morgan fingerprint density at radius 1 is 0.750 bits per heavy atom. The number of para-hydroxylation sites is 1. The fourth-order valence-electron chi connectivity index (χ4n) is 3.43. The molecule has 0 aliphatic heterocycles. The number of ether oxygens (including phenoxy) is 4. The summed E-state index contributed by atoms with van der Waals surface area (Å²) in [5, 5.41) is 17.5. The van der Waals surface area contributed by atoms with Gasteiger partial charge in [-0.2, -0.15) is 0 Å². The number of carbonyl (C=O) groups excluding carboxylic acids is 3. The fourth-order valence-corrected chi connectivity index (χ4v) is 3.43. The Bertz CT molecular complexity index is 823. The van der Waals surface area contributed by atoms with Crippen LogP contribution in [0.5, 0.6) is 5.75 Å². The summed E-state index contributed by atoms with van der Waals surface area (Å²) in [5.74, 6) is 0.594. The Labute approximate surface area is 238 Å². The first kappa shape index (κ1) is 34.8. The molecule has 1 aromatic carbocycles. The molecule has 1 atom stereocenters.